The molecule has 0 N–H and O–H groups in total. The van der Waals surface area contributed by atoms with E-state index in [2.05, 4.69) is 44.0 Å². The van der Waals surface area contributed by atoms with Gasteiger partial charge in [-0.25, -0.2) is 0 Å². The van der Waals surface area contributed by atoms with E-state index in [1.807, 2.05) is 31.2 Å². The number of hydrogen-bond donors (Lipinski definition) is 0. The molecule has 1 saturated carbocycles. The second-order valence-corrected chi connectivity index (χ2v) is 8.60. The molecule has 1 unspecified atom stereocenters. The molecular weight excluding hydrogens is 386 g/mol. The number of hydrogen-bond acceptors (Lipinski definition) is 7. The lowest BCUT2D eigenvalue weighted by molar-refractivity contribution is 0.374. The molecule has 0 aliphatic heterocycles. The first-order valence-corrected chi connectivity index (χ1v) is 10.6. The number of nitrogens with zero attached hydrogens (tertiary/aromatic N) is 5. The molecule has 1 aliphatic rings. The first-order valence-electron chi connectivity index (χ1n) is 9.71. The van der Waals surface area contributed by atoms with E-state index in [-0.39, 0.29) is 5.25 Å². The highest BCUT2D eigenvalue weighted by atomic mass is 32.2. The fourth-order valence-corrected chi connectivity index (χ4v) is 4.11. The Bertz CT molecular complexity index is 1110. The fraction of sp³-hybridized carbons (Fsp3) is 0.333. The molecule has 29 heavy (non-hydrogen) atoms. The summed E-state index contributed by atoms with van der Waals surface area (Å²) >= 11 is 1.57. The lowest BCUT2D eigenvalue weighted by Crippen LogP contribution is -2.05. The van der Waals surface area contributed by atoms with E-state index < -0.39 is 0 Å². The van der Waals surface area contributed by atoms with Crippen LogP contribution in [0.3, 0.4) is 0 Å². The van der Waals surface area contributed by atoms with E-state index in [1.165, 1.54) is 5.56 Å². The monoisotopic (exact) mass is 407 g/mol. The predicted molar refractivity (Wildman–Crippen MR) is 109 cm³/mol. The predicted octanol–water partition coefficient (Wildman–Crippen LogP) is 5.01. The van der Waals surface area contributed by atoms with Crippen molar-refractivity contribution in [1.82, 2.24) is 24.9 Å². The smallest absolute Gasteiger partial charge is 0.239 e. The van der Waals surface area contributed by atoms with Gasteiger partial charge in [0.2, 0.25) is 5.89 Å². The normalized spacial score (nSPS) is 15.0. The topological polar surface area (TPSA) is 82.8 Å². The third-order valence-electron chi connectivity index (χ3n) is 5.03. The summed E-state index contributed by atoms with van der Waals surface area (Å²) < 4.78 is 13.1. The van der Waals surface area contributed by atoms with E-state index >= 15 is 0 Å². The highest BCUT2D eigenvalue weighted by molar-refractivity contribution is 7.99. The molecule has 1 atom stereocenters. The molecule has 4 aromatic rings. The molecule has 0 saturated heterocycles. The maximum atomic E-state index is 5.50. The average Bonchev–Trinajstić information content (AvgIpc) is 3.11. The minimum absolute atomic E-state index is 0.0213. The van der Waals surface area contributed by atoms with Gasteiger partial charge in [0, 0.05) is 5.92 Å². The number of furan rings is 1. The summed E-state index contributed by atoms with van der Waals surface area (Å²) in [6.07, 6.45) is 3.98. The van der Waals surface area contributed by atoms with Crippen LogP contribution in [0.15, 0.2) is 56.8 Å². The molecule has 0 spiro atoms. The Kier molecular flexibility index (Phi) is 4.71. The Labute approximate surface area is 172 Å². The van der Waals surface area contributed by atoms with Crippen molar-refractivity contribution >= 4 is 11.8 Å². The fourth-order valence-electron chi connectivity index (χ4n) is 3.23. The van der Waals surface area contributed by atoms with Crippen LogP contribution in [0.2, 0.25) is 0 Å². The molecule has 7 nitrogen and oxygen atoms in total. The molecule has 0 amide bonds. The summed E-state index contributed by atoms with van der Waals surface area (Å²) in [5, 5.41) is 13.9. The second-order valence-electron chi connectivity index (χ2n) is 7.29. The zero-order valence-corrected chi connectivity index (χ0v) is 17.1. The molecule has 1 aliphatic carbocycles. The van der Waals surface area contributed by atoms with Gasteiger partial charge in [-0.05, 0) is 38.3 Å². The molecular formula is C21H21N5O2S. The van der Waals surface area contributed by atoms with Gasteiger partial charge in [-0.1, -0.05) is 47.3 Å². The van der Waals surface area contributed by atoms with Crippen LogP contribution in [0, 0.1) is 6.92 Å². The number of thioether (sulfide) groups is 1. The van der Waals surface area contributed by atoms with Crippen molar-refractivity contribution in [1.29, 1.82) is 0 Å². The molecule has 0 bridgehead atoms. The maximum absolute atomic E-state index is 5.50. The summed E-state index contributed by atoms with van der Waals surface area (Å²) in [4.78, 5) is 4.58. The van der Waals surface area contributed by atoms with Crippen LogP contribution in [0.1, 0.15) is 54.0 Å². The van der Waals surface area contributed by atoms with Crippen molar-refractivity contribution < 1.29 is 8.94 Å². The van der Waals surface area contributed by atoms with Gasteiger partial charge in [-0.15, -0.1) is 10.2 Å². The number of aryl methyl sites for hydroxylation is 1. The van der Waals surface area contributed by atoms with Crippen LogP contribution < -0.4 is 0 Å². The number of aromatic nitrogens is 5. The first kappa shape index (κ1) is 18.2. The Balaban J connectivity index is 1.46. The number of benzene rings is 1. The summed E-state index contributed by atoms with van der Waals surface area (Å²) in [6, 6.07) is 12.2. The van der Waals surface area contributed by atoms with Crippen molar-refractivity contribution in [3.63, 3.8) is 0 Å². The molecule has 3 aromatic heterocycles. The largest absolute Gasteiger partial charge is 0.469 e. The maximum Gasteiger partial charge on any atom is 0.239 e. The van der Waals surface area contributed by atoms with Crippen molar-refractivity contribution in [2.75, 3.05) is 0 Å². The van der Waals surface area contributed by atoms with Crippen molar-refractivity contribution in [3.05, 3.63) is 65.7 Å². The van der Waals surface area contributed by atoms with E-state index in [4.69, 9.17) is 8.94 Å². The molecule has 1 fully saturated rings. The van der Waals surface area contributed by atoms with Gasteiger partial charge in [0.15, 0.2) is 16.8 Å². The molecule has 0 radical (unpaired) electrons. The zero-order valence-electron chi connectivity index (χ0n) is 16.3. The van der Waals surface area contributed by atoms with Crippen LogP contribution in [-0.4, -0.2) is 24.9 Å². The van der Waals surface area contributed by atoms with Gasteiger partial charge in [0.25, 0.3) is 0 Å². The van der Waals surface area contributed by atoms with Crippen molar-refractivity contribution in [2.45, 2.75) is 49.6 Å². The van der Waals surface area contributed by atoms with Crippen molar-refractivity contribution in [2.24, 2.45) is 0 Å². The standard InChI is InChI=1S/C21H21N5O2S/c1-13-17(10-11-27-13)19-23-24-21(26(19)12-15-6-4-3-5-7-15)29-14(2)20-22-18(25-28-20)16-8-9-16/h3-7,10-11,14,16H,8-9,12H2,1-2H3. The summed E-state index contributed by atoms with van der Waals surface area (Å²) in [7, 11) is 0. The molecule has 148 valence electrons. The highest BCUT2D eigenvalue weighted by Gasteiger charge is 2.30. The lowest BCUT2D eigenvalue weighted by atomic mass is 10.2. The SMILES string of the molecule is Cc1occc1-c1nnc(SC(C)c2nc(C3CC3)no2)n1Cc1ccccc1. The van der Waals surface area contributed by atoms with Crippen LogP contribution in [0.4, 0.5) is 0 Å². The summed E-state index contributed by atoms with van der Waals surface area (Å²) in [6.45, 7) is 4.66. The van der Waals surface area contributed by atoms with E-state index in [0.717, 1.165) is 41.0 Å². The Hall–Kier alpha value is -2.87. The Morgan fingerprint density at radius 3 is 2.72 bits per heavy atom. The third-order valence-corrected chi connectivity index (χ3v) is 6.10. The molecule has 3 heterocycles. The summed E-state index contributed by atoms with van der Waals surface area (Å²) in [5.41, 5.74) is 2.12. The van der Waals surface area contributed by atoms with Gasteiger partial charge >= 0.3 is 0 Å². The molecule has 5 rings (SSSR count). The van der Waals surface area contributed by atoms with Gasteiger partial charge < -0.3 is 8.94 Å². The van der Waals surface area contributed by atoms with E-state index in [0.29, 0.717) is 18.4 Å². The average molecular weight is 407 g/mol. The molecule has 8 heteroatoms. The Morgan fingerprint density at radius 1 is 1.17 bits per heavy atom. The first-order chi connectivity index (χ1) is 14.2. The Morgan fingerprint density at radius 2 is 2.00 bits per heavy atom. The minimum Gasteiger partial charge on any atom is -0.469 e. The van der Waals surface area contributed by atoms with Gasteiger partial charge in [-0.2, -0.15) is 4.98 Å². The second kappa shape index (κ2) is 7.51. The van der Waals surface area contributed by atoms with Crippen molar-refractivity contribution in [3.8, 4) is 11.4 Å². The van der Waals surface area contributed by atoms with E-state index in [1.54, 1.807) is 18.0 Å². The van der Waals surface area contributed by atoms with Crippen LogP contribution >= 0.6 is 11.8 Å². The van der Waals surface area contributed by atoms with Gasteiger partial charge in [0.05, 0.1) is 23.6 Å². The van der Waals surface area contributed by atoms with Crippen LogP contribution in [-0.2, 0) is 6.54 Å². The minimum atomic E-state index is -0.0213. The molecule has 1 aromatic carbocycles. The van der Waals surface area contributed by atoms with E-state index in [9.17, 15) is 0 Å². The third kappa shape index (κ3) is 3.72. The lowest BCUT2D eigenvalue weighted by Gasteiger charge is -2.11. The summed E-state index contributed by atoms with van der Waals surface area (Å²) in [5.74, 6) is 3.54. The van der Waals surface area contributed by atoms with Crippen LogP contribution in [0.5, 0.6) is 0 Å². The van der Waals surface area contributed by atoms with Gasteiger partial charge in [0.1, 0.15) is 5.76 Å². The number of rotatable bonds is 7. The quantitative estimate of drug-likeness (QED) is 0.398. The zero-order chi connectivity index (χ0) is 19.8. The highest BCUT2D eigenvalue weighted by Crippen LogP contribution is 2.40. The van der Waals surface area contributed by atoms with Crippen LogP contribution in [0.25, 0.3) is 11.4 Å². The van der Waals surface area contributed by atoms with Gasteiger partial charge in [-0.3, -0.25) is 4.57 Å².